The quantitative estimate of drug-likeness (QED) is 0.669. The molecule has 1 saturated heterocycles. The Kier molecular flexibility index (Phi) is 5.50. The van der Waals surface area contributed by atoms with Gasteiger partial charge < -0.3 is 14.6 Å². The van der Waals surface area contributed by atoms with Crippen LogP contribution in [0.1, 0.15) is 40.7 Å². The van der Waals surface area contributed by atoms with Gasteiger partial charge >= 0.3 is 0 Å². The predicted octanol–water partition coefficient (Wildman–Crippen LogP) is 2.58. The van der Waals surface area contributed by atoms with E-state index in [0.29, 0.717) is 23.0 Å². The van der Waals surface area contributed by atoms with Crippen molar-refractivity contribution in [1.82, 2.24) is 15.1 Å². The van der Waals surface area contributed by atoms with Crippen LogP contribution < -0.4 is 10.2 Å². The van der Waals surface area contributed by atoms with Gasteiger partial charge in [0.25, 0.3) is 5.91 Å². The highest BCUT2D eigenvalue weighted by atomic mass is 35.5. The first-order valence-electron chi connectivity index (χ1n) is 9.62. The van der Waals surface area contributed by atoms with Crippen LogP contribution in [0.4, 0.5) is 0 Å². The van der Waals surface area contributed by atoms with E-state index in [2.05, 4.69) is 10.4 Å². The van der Waals surface area contributed by atoms with Crippen molar-refractivity contribution < 1.29 is 14.1 Å². The second-order valence-corrected chi connectivity index (χ2v) is 7.50. The molecule has 2 aromatic heterocycles. The lowest BCUT2D eigenvalue weighted by atomic mass is 10.2. The van der Waals surface area contributed by atoms with Gasteiger partial charge in [0.1, 0.15) is 5.15 Å². The van der Waals surface area contributed by atoms with Crippen LogP contribution in [0.5, 0.6) is 0 Å². The Balaban J connectivity index is 1.52. The van der Waals surface area contributed by atoms with E-state index >= 15 is 0 Å². The zero-order chi connectivity index (χ0) is 19.5. The molecule has 0 spiro atoms. The molecule has 4 rings (SSSR count). The van der Waals surface area contributed by atoms with Crippen molar-refractivity contribution in [3.05, 3.63) is 70.9 Å². The molecule has 2 N–H and O–H groups in total. The van der Waals surface area contributed by atoms with E-state index < -0.39 is 0 Å². The molecule has 1 aromatic carbocycles. The van der Waals surface area contributed by atoms with Crippen LogP contribution in [0.25, 0.3) is 5.69 Å². The minimum atomic E-state index is -0.208. The van der Waals surface area contributed by atoms with E-state index in [1.54, 1.807) is 17.9 Å². The molecule has 1 aliphatic rings. The molecule has 0 saturated carbocycles. The number of aryl methyl sites for hydroxylation is 1. The van der Waals surface area contributed by atoms with E-state index in [9.17, 15) is 4.79 Å². The maximum absolute atomic E-state index is 12.9. The number of halogens is 1. The van der Waals surface area contributed by atoms with Crippen LogP contribution in [-0.2, 0) is 0 Å². The third-order valence-corrected chi connectivity index (χ3v) is 5.67. The smallest absolute Gasteiger partial charge is 0.256 e. The summed E-state index contributed by atoms with van der Waals surface area (Å²) >= 11 is 6.52. The summed E-state index contributed by atoms with van der Waals surface area (Å²) in [4.78, 5) is 14.4. The fraction of sp³-hybridized carbons (Fsp3) is 0.333. The zero-order valence-electron chi connectivity index (χ0n) is 15.8. The number of amides is 1. The van der Waals surface area contributed by atoms with Crippen LogP contribution in [-0.4, -0.2) is 35.3 Å². The highest BCUT2D eigenvalue weighted by Gasteiger charge is 2.30. The van der Waals surface area contributed by atoms with Gasteiger partial charge in [-0.1, -0.05) is 29.8 Å². The monoisotopic (exact) mass is 399 g/mol. The van der Waals surface area contributed by atoms with E-state index in [-0.39, 0.29) is 11.9 Å². The Morgan fingerprint density at radius 2 is 2.00 bits per heavy atom. The van der Waals surface area contributed by atoms with Crippen molar-refractivity contribution in [3.63, 3.8) is 0 Å². The van der Waals surface area contributed by atoms with Crippen molar-refractivity contribution in [1.29, 1.82) is 0 Å². The summed E-state index contributed by atoms with van der Waals surface area (Å²) in [6.07, 6.45) is 4.09. The third kappa shape index (κ3) is 3.70. The largest absolute Gasteiger partial charge is 0.463 e. The van der Waals surface area contributed by atoms with E-state index in [1.807, 2.05) is 42.5 Å². The SMILES string of the molecule is Cc1nn(-c2ccccc2)c(Cl)c1C(=O)NC[C@H](c1ccco1)[NH+]1CCCC1. The number of para-hydroxylation sites is 1. The summed E-state index contributed by atoms with van der Waals surface area (Å²) in [6, 6.07) is 13.5. The minimum Gasteiger partial charge on any atom is -0.463 e. The standard InChI is InChI=1S/C21H23ClN4O2/c1-15-19(20(22)26(24-15)16-8-3-2-4-9-16)21(27)23-14-17(18-10-7-13-28-18)25-11-5-6-12-25/h2-4,7-10,13,17H,5-6,11-12,14H2,1H3,(H,23,27)/p+1/t17-/m1/s1. The molecule has 28 heavy (non-hydrogen) atoms. The lowest BCUT2D eigenvalue weighted by Crippen LogP contribution is -3.11. The number of hydrogen-bond acceptors (Lipinski definition) is 3. The molecule has 7 heteroatoms. The fourth-order valence-corrected chi connectivity index (χ4v) is 4.25. The molecule has 1 aliphatic heterocycles. The Hall–Kier alpha value is -2.57. The van der Waals surface area contributed by atoms with Gasteiger partial charge in [-0.2, -0.15) is 5.10 Å². The van der Waals surface area contributed by atoms with Crippen molar-refractivity contribution in [3.8, 4) is 5.69 Å². The van der Waals surface area contributed by atoms with E-state index in [4.69, 9.17) is 16.0 Å². The third-order valence-electron chi connectivity index (χ3n) is 5.32. The van der Waals surface area contributed by atoms with Gasteiger partial charge in [0.2, 0.25) is 0 Å². The zero-order valence-corrected chi connectivity index (χ0v) is 16.6. The first-order valence-corrected chi connectivity index (χ1v) is 9.99. The number of rotatable bonds is 6. The number of aromatic nitrogens is 2. The highest BCUT2D eigenvalue weighted by Crippen LogP contribution is 2.23. The van der Waals surface area contributed by atoms with Crippen molar-refractivity contribution in [2.24, 2.45) is 0 Å². The molecular formula is C21H24ClN4O2+. The molecule has 0 bridgehead atoms. The normalized spacial score (nSPS) is 15.6. The summed E-state index contributed by atoms with van der Waals surface area (Å²) in [5, 5.41) is 7.83. The van der Waals surface area contributed by atoms with Gasteiger partial charge in [0, 0.05) is 12.8 Å². The van der Waals surface area contributed by atoms with Crippen molar-refractivity contribution >= 4 is 17.5 Å². The van der Waals surface area contributed by atoms with Crippen LogP contribution in [0.2, 0.25) is 5.15 Å². The average molecular weight is 400 g/mol. The van der Waals surface area contributed by atoms with Gasteiger partial charge in [-0.25, -0.2) is 4.68 Å². The van der Waals surface area contributed by atoms with Crippen LogP contribution in [0.3, 0.4) is 0 Å². The van der Waals surface area contributed by atoms with Crippen LogP contribution >= 0.6 is 11.6 Å². The Labute approximate surface area is 169 Å². The average Bonchev–Trinajstić information content (AvgIpc) is 3.45. The number of carbonyl (C=O) groups is 1. The van der Waals surface area contributed by atoms with Gasteiger partial charge in [0.05, 0.1) is 42.8 Å². The molecule has 6 nitrogen and oxygen atoms in total. The van der Waals surface area contributed by atoms with Crippen molar-refractivity contribution in [2.75, 3.05) is 19.6 Å². The first-order chi connectivity index (χ1) is 13.6. The first kappa shape index (κ1) is 18.8. The minimum absolute atomic E-state index is 0.102. The molecule has 1 fully saturated rings. The molecule has 3 heterocycles. The Bertz CT molecular complexity index is 931. The molecule has 146 valence electrons. The van der Waals surface area contributed by atoms with E-state index in [0.717, 1.165) is 24.5 Å². The molecule has 1 atom stereocenters. The van der Waals surface area contributed by atoms with Gasteiger partial charge in [-0.15, -0.1) is 0 Å². The number of likely N-dealkylation sites (tertiary alicyclic amines) is 1. The topological polar surface area (TPSA) is 64.5 Å². The summed E-state index contributed by atoms with van der Waals surface area (Å²) in [5.74, 6) is 0.694. The number of nitrogens with zero attached hydrogens (tertiary/aromatic N) is 2. The number of quaternary nitrogens is 1. The molecule has 3 aromatic rings. The summed E-state index contributed by atoms with van der Waals surface area (Å²) in [5.41, 5.74) is 1.85. The lowest BCUT2D eigenvalue weighted by molar-refractivity contribution is -0.919. The molecule has 0 unspecified atom stereocenters. The fourth-order valence-electron chi connectivity index (χ4n) is 3.89. The maximum atomic E-state index is 12.9. The predicted molar refractivity (Wildman–Crippen MR) is 107 cm³/mol. The maximum Gasteiger partial charge on any atom is 0.256 e. The van der Waals surface area contributed by atoms with Crippen LogP contribution in [0.15, 0.2) is 53.1 Å². The van der Waals surface area contributed by atoms with Gasteiger partial charge in [0.15, 0.2) is 11.8 Å². The number of nitrogens with one attached hydrogen (secondary N) is 2. The van der Waals surface area contributed by atoms with Gasteiger partial charge in [-0.3, -0.25) is 4.79 Å². The molecule has 0 radical (unpaired) electrons. The van der Waals surface area contributed by atoms with Crippen LogP contribution in [0, 0.1) is 6.92 Å². The second kappa shape index (κ2) is 8.20. The van der Waals surface area contributed by atoms with Gasteiger partial charge in [-0.05, 0) is 31.2 Å². The molecule has 0 aliphatic carbocycles. The summed E-state index contributed by atoms with van der Waals surface area (Å²) in [6.45, 7) is 4.48. The Morgan fingerprint density at radius 3 is 2.68 bits per heavy atom. The second-order valence-electron chi connectivity index (χ2n) is 7.14. The summed E-state index contributed by atoms with van der Waals surface area (Å²) in [7, 11) is 0. The summed E-state index contributed by atoms with van der Waals surface area (Å²) < 4.78 is 7.24. The highest BCUT2D eigenvalue weighted by molar-refractivity contribution is 6.33. The number of carbonyl (C=O) groups excluding carboxylic acids is 1. The lowest BCUT2D eigenvalue weighted by Gasteiger charge is -2.23. The molecule has 1 amide bonds. The number of furan rings is 1. The Morgan fingerprint density at radius 1 is 1.25 bits per heavy atom. The van der Waals surface area contributed by atoms with Crippen molar-refractivity contribution in [2.45, 2.75) is 25.8 Å². The van der Waals surface area contributed by atoms with E-state index in [1.165, 1.54) is 17.7 Å². The number of benzene rings is 1. The molecular weight excluding hydrogens is 376 g/mol. The number of hydrogen-bond donors (Lipinski definition) is 2.